The normalized spacial score (nSPS) is 35.9. The average molecular weight is 168 g/mol. The van der Waals surface area contributed by atoms with E-state index in [2.05, 4.69) is 20.2 Å². The van der Waals surface area contributed by atoms with Crippen LogP contribution in [0.5, 0.6) is 0 Å². The van der Waals surface area contributed by atoms with E-state index in [1.54, 1.807) is 0 Å². The van der Waals surface area contributed by atoms with E-state index in [1.807, 2.05) is 12.2 Å². The summed E-state index contributed by atoms with van der Waals surface area (Å²) >= 11 is 0. The Labute approximate surface area is 74.7 Å². The summed E-state index contributed by atoms with van der Waals surface area (Å²) < 4.78 is 6.53. The van der Waals surface area contributed by atoms with E-state index >= 15 is 0 Å². The third-order valence-corrected chi connectivity index (χ3v) is 2.42. The van der Waals surface area contributed by atoms with Gasteiger partial charge in [-0.1, -0.05) is 12.7 Å². The lowest BCUT2D eigenvalue weighted by Gasteiger charge is -2.39. The molecule has 1 saturated heterocycles. The molecule has 2 heteroatoms. The minimum atomic E-state index is 0.226. The van der Waals surface area contributed by atoms with Crippen LogP contribution < -0.4 is 0 Å². The van der Waals surface area contributed by atoms with Gasteiger partial charge in [0.25, 0.3) is 0 Å². The lowest BCUT2D eigenvalue weighted by molar-refractivity contribution is -0.914. The highest BCUT2D eigenvalue weighted by Gasteiger charge is 2.28. The summed E-state index contributed by atoms with van der Waals surface area (Å²) in [6, 6.07) is 0. The highest BCUT2D eigenvalue weighted by molar-refractivity contribution is 4.82. The first-order valence-electron chi connectivity index (χ1n) is 4.39. The molecule has 0 N–H and O–H groups in total. The van der Waals surface area contributed by atoms with E-state index in [-0.39, 0.29) is 6.10 Å². The molecule has 2 nitrogen and oxygen atoms in total. The molecule has 2 unspecified atom stereocenters. The van der Waals surface area contributed by atoms with Gasteiger partial charge in [-0.15, -0.1) is 6.58 Å². The van der Waals surface area contributed by atoms with Crippen LogP contribution >= 0.6 is 0 Å². The number of ether oxygens (including phenoxy) is 1. The molecule has 0 radical (unpaired) electrons. The first kappa shape index (κ1) is 9.49. The van der Waals surface area contributed by atoms with Crippen LogP contribution in [0.4, 0.5) is 0 Å². The van der Waals surface area contributed by atoms with Gasteiger partial charge in [-0.25, -0.2) is 0 Å². The van der Waals surface area contributed by atoms with Crippen molar-refractivity contribution in [3.63, 3.8) is 0 Å². The van der Waals surface area contributed by atoms with Gasteiger partial charge in [-0.2, -0.15) is 0 Å². The smallest absolute Gasteiger partial charge is 0.124 e. The van der Waals surface area contributed by atoms with Gasteiger partial charge in [0.2, 0.25) is 0 Å². The van der Waals surface area contributed by atoms with Crippen LogP contribution in [-0.4, -0.2) is 43.9 Å². The van der Waals surface area contributed by atoms with E-state index in [0.29, 0.717) is 0 Å². The van der Waals surface area contributed by atoms with Crippen molar-refractivity contribution >= 4 is 0 Å². The van der Waals surface area contributed by atoms with Crippen LogP contribution in [0.1, 0.15) is 0 Å². The molecule has 0 aromatic heterocycles. The van der Waals surface area contributed by atoms with E-state index in [0.717, 1.165) is 30.7 Å². The van der Waals surface area contributed by atoms with Crippen molar-refractivity contribution in [1.82, 2.24) is 0 Å². The molecule has 1 aliphatic rings. The summed E-state index contributed by atoms with van der Waals surface area (Å²) in [6.45, 7) is 11.5. The number of quaternary nitrogens is 1. The van der Waals surface area contributed by atoms with Crippen molar-refractivity contribution in [2.45, 2.75) is 6.10 Å². The third kappa shape index (κ3) is 2.19. The molecule has 0 amide bonds. The molecule has 1 aliphatic heterocycles. The fourth-order valence-corrected chi connectivity index (χ4v) is 1.62. The summed E-state index contributed by atoms with van der Waals surface area (Å²) in [7, 11) is 2.24. The minimum Gasteiger partial charge on any atom is -0.362 e. The molecule has 68 valence electrons. The molecule has 0 aromatic carbocycles. The van der Waals surface area contributed by atoms with Gasteiger partial charge in [-0.05, 0) is 6.08 Å². The second-order valence-electron chi connectivity index (χ2n) is 3.64. The quantitative estimate of drug-likeness (QED) is 0.454. The molecule has 0 aliphatic carbocycles. The molecule has 0 aromatic rings. The molecular weight excluding hydrogens is 150 g/mol. The molecule has 1 fully saturated rings. The molecule has 2 atom stereocenters. The van der Waals surface area contributed by atoms with Gasteiger partial charge in [-0.3, -0.25) is 0 Å². The number of hydrogen-bond donors (Lipinski definition) is 0. The molecule has 12 heavy (non-hydrogen) atoms. The number of rotatable bonds is 3. The lowest BCUT2D eigenvalue weighted by Crippen LogP contribution is -2.54. The zero-order valence-electron chi connectivity index (χ0n) is 7.83. The number of morpholine rings is 1. The Morgan fingerprint density at radius 1 is 1.58 bits per heavy atom. The average Bonchev–Trinajstić information content (AvgIpc) is 2.04. The van der Waals surface area contributed by atoms with E-state index < -0.39 is 0 Å². The number of hydrogen-bond acceptors (Lipinski definition) is 1. The molecule has 1 rings (SSSR count). The van der Waals surface area contributed by atoms with Crippen molar-refractivity contribution in [3.05, 3.63) is 25.3 Å². The first-order chi connectivity index (χ1) is 5.70. The molecular formula is C10H18NO+. The topological polar surface area (TPSA) is 9.23 Å². The number of nitrogens with zero attached hydrogens (tertiary/aromatic N) is 1. The van der Waals surface area contributed by atoms with Gasteiger partial charge in [0.15, 0.2) is 0 Å². The van der Waals surface area contributed by atoms with Gasteiger partial charge in [0.1, 0.15) is 19.2 Å². The van der Waals surface area contributed by atoms with Crippen LogP contribution in [0.2, 0.25) is 0 Å². The highest BCUT2D eigenvalue weighted by Crippen LogP contribution is 2.12. The summed E-state index contributed by atoms with van der Waals surface area (Å²) in [5, 5.41) is 0. The second kappa shape index (κ2) is 3.87. The summed E-state index contributed by atoms with van der Waals surface area (Å²) in [5.41, 5.74) is 0. The fraction of sp³-hybridized carbons (Fsp3) is 0.600. The standard InChI is InChI=1S/C10H18NO/c1-4-6-11(3)7-8-12-10(5-2)9-11/h4-5,10H,1-2,6-9H2,3H3/q+1. The van der Waals surface area contributed by atoms with Crippen LogP contribution in [0.15, 0.2) is 25.3 Å². The Hall–Kier alpha value is -0.600. The minimum absolute atomic E-state index is 0.226. The maximum atomic E-state index is 5.50. The first-order valence-corrected chi connectivity index (χ1v) is 4.39. The second-order valence-corrected chi connectivity index (χ2v) is 3.64. The zero-order chi connectivity index (χ0) is 9.03. The van der Waals surface area contributed by atoms with Gasteiger partial charge >= 0.3 is 0 Å². The van der Waals surface area contributed by atoms with Crippen molar-refractivity contribution in [2.75, 3.05) is 33.3 Å². The van der Waals surface area contributed by atoms with Crippen LogP contribution in [-0.2, 0) is 4.74 Å². The monoisotopic (exact) mass is 168 g/mol. The third-order valence-electron chi connectivity index (χ3n) is 2.42. The Kier molecular flexibility index (Phi) is 3.06. The van der Waals surface area contributed by atoms with Gasteiger partial charge in [0.05, 0.1) is 20.2 Å². The lowest BCUT2D eigenvalue weighted by atomic mass is 10.2. The van der Waals surface area contributed by atoms with Crippen LogP contribution in [0.25, 0.3) is 0 Å². The van der Waals surface area contributed by atoms with Crippen LogP contribution in [0, 0.1) is 0 Å². The Morgan fingerprint density at radius 2 is 2.33 bits per heavy atom. The summed E-state index contributed by atoms with van der Waals surface area (Å²) in [6.07, 6.45) is 4.09. The van der Waals surface area contributed by atoms with Crippen molar-refractivity contribution in [1.29, 1.82) is 0 Å². The molecule has 0 spiro atoms. The largest absolute Gasteiger partial charge is 0.362 e. The fourth-order valence-electron chi connectivity index (χ4n) is 1.62. The maximum absolute atomic E-state index is 5.50. The molecule has 1 heterocycles. The van der Waals surface area contributed by atoms with Crippen LogP contribution in [0.3, 0.4) is 0 Å². The Balaban J connectivity index is 2.53. The SMILES string of the molecule is C=CC[N+]1(C)CCOC(C=C)C1. The summed E-state index contributed by atoms with van der Waals surface area (Å²) in [5.74, 6) is 0. The molecule has 0 bridgehead atoms. The maximum Gasteiger partial charge on any atom is 0.124 e. The van der Waals surface area contributed by atoms with Gasteiger partial charge in [0, 0.05) is 0 Å². The van der Waals surface area contributed by atoms with Gasteiger partial charge < -0.3 is 9.22 Å². The van der Waals surface area contributed by atoms with Crippen molar-refractivity contribution in [2.24, 2.45) is 0 Å². The van der Waals surface area contributed by atoms with Crippen molar-refractivity contribution in [3.8, 4) is 0 Å². The zero-order valence-corrected chi connectivity index (χ0v) is 7.83. The Bertz CT molecular complexity index is 179. The van der Waals surface area contributed by atoms with Crippen molar-refractivity contribution < 1.29 is 9.22 Å². The number of likely N-dealkylation sites (N-methyl/N-ethyl adjacent to an activating group) is 1. The van der Waals surface area contributed by atoms with E-state index in [9.17, 15) is 0 Å². The highest BCUT2D eigenvalue weighted by atomic mass is 16.5. The Morgan fingerprint density at radius 3 is 2.92 bits per heavy atom. The van der Waals surface area contributed by atoms with E-state index in [1.165, 1.54) is 0 Å². The predicted molar refractivity (Wildman–Crippen MR) is 50.9 cm³/mol. The summed E-state index contributed by atoms with van der Waals surface area (Å²) in [4.78, 5) is 0. The van der Waals surface area contributed by atoms with E-state index in [4.69, 9.17) is 4.74 Å². The molecule has 0 saturated carbocycles. The predicted octanol–water partition coefficient (Wildman–Crippen LogP) is 1.20.